The number of hydrogen-bond acceptors (Lipinski definition) is 10. The number of aryl methyl sites for hydroxylation is 1. The van der Waals surface area contributed by atoms with E-state index in [1.165, 1.54) is 30.4 Å². The predicted molar refractivity (Wildman–Crippen MR) is 142 cm³/mol. The first kappa shape index (κ1) is 31.7. The Balaban J connectivity index is 1.50. The monoisotopic (exact) mass is 631 g/mol. The van der Waals surface area contributed by atoms with Crippen LogP contribution in [0.25, 0.3) is 11.3 Å². The second-order valence-corrected chi connectivity index (χ2v) is 12.0. The molecule has 3 aromatic rings. The number of aliphatic hydroxyl groups excluding tert-OH is 2. The number of thioether (sulfide) groups is 1. The maximum Gasteiger partial charge on any atom is 0.248 e. The summed E-state index contributed by atoms with van der Waals surface area (Å²) in [5.41, 5.74) is -2.00. The van der Waals surface area contributed by atoms with Crippen LogP contribution in [-0.4, -0.2) is 89.3 Å². The highest BCUT2D eigenvalue weighted by atomic mass is 32.2. The molecule has 0 bridgehead atoms. The number of halogens is 5. The SMILES string of the molecule is CO[C@@H]1[C@@H](n2cc(-c3cc(F)c(F)c(F)c3)nn2)[C@@H](O)[C@@H](CO)O[C@H]1S[C@H](c1nccnc1C)C1(O)CCC(F)(F)CC1. The van der Waals surface area contributed by atoms with Crippen LogP contribution in [0, 0.1) is 24.4 Å². The van der Waals surface area contributed by atoms with Crippen molar-refractivity contribution in [3.8, 4) is 11.3 Å². The van der Waals surface area contributed by atoms with Gasteiger partial charge in [-0.25, -0.2) is 26.6 Å². The van der Waals surface area contributed by atoms with Crippen molar-refractivity contribution in [2.45, 2.75) is 79.2 Å². The Labute approximate surface area is 247 Å². The van der Waals surface area contributed by atoms with Crippen LogP contribution in [-0.2, 0) is 9.47 Å². The molecule has 5 rings (SSSR count). The summed E-state index contributed by atoms with van der Waals surface area (Å²) in [6.45, 7) is 1.04. The van der Waals surface area contributed by atoms with Gasteiger partial charge in [0.2, 0.25) is 5.92 Å². The van der Waals surface area contributed by atoms with Crippen LogP contribution >= 0.6 is 11.8 Å². The lowest BCUT2D eigenvalue weighted by Gasteiger charge is -2.47. The van der Waals surface area contributed by atoms with E-state index >= 15 is 0 Å². The Morgan fingerprint density at radius 2 is 1.77 bits per heavy atom. The predicted octanol–water partition coefficient (Wildman–Crippen LogP) is 3.51. The van der Waals surface area contributed by atoms with Gasteiger partial charge in [-0.05, 0) is 31.9 Å². The molecule has 43 heavy (non-hydrogen) atoms. The van der Waals surface area contributed by atoms with E-state index in [1.54, 1.807) is 6.92 Å². The summed E-state index contributed by atoms with van der Waals surface area (Å²) in [4.78, 5) is 8.65. The van der Waals surface area contributed by atoms with E-state index in [0.29, 0.717) is 11.4 Å². The minimum atomic E-state index is -2.92. The van der Waals surface area contributed by atoms with Crippen molar-refractivity contribution < 1.29 is 46.7 Å². The minimum Gasteiger partial charge on any atom is -0.394 e. The topological polar surface area (TPSA) is 136 Å². The van der Waals surface area contributed by atoms with E-state index in [4.69, 9.17) is 9.47 Å². The number of alkyl halides is 2. The first-order valence-electron chi connectivity index (χ1n) is 13.4. The molecule has 1 aliphatic carbocycles. The minimum absolute atomic E-state index is 0.0402. The zero-order chi connectivity index (χ0) is 31.1. The number of hydrogen-bond donors (Lipinski definition) is 3. The molecular formula is C27H30F5N5O5S. The number of nitrogens with zero attached hydrogens (tertiary/aromatic N) is 5. The number of aliphatic hydroxyl groups is 3. The quantitative estimate of drug-likeness (QED) is 0.250. The molecule has 2 aromatic heterocycles. The molecule has 10 nitrogen and oxygen atoms in total. The third-order valence-corrected chi connectivity index (χ3v) is 9.55. The smallest absolute Gasteiger partial charge is 0.248 e. The van der Waals surface area contributed by atoms with Gasteiger partial charge in [0.15, 0.2) is 17.5 Å². The molecule has 0 spiro atoms. The second-order valence-electron chi connectivity index (χ2n) is 10.7. The molecule has 6 atom stereocenters. The van der Waals surface area contributed by atoms with Crippen LogP contribution in [0.2, 0.25) is 0 Å². The summed E-state index contributed by atoms with van der Waals surface area (Å²) in [6, 6.07) is 0.412. The van der Waals surface area contributed by atoms with Crippen molar-refractivity contribution in [1.82, 2.24) is 25.0 Å². The Bertz CT molecular complexity index is 1420. The maximum absolute atomic E-state index is 14.1. The molecule has 16 heteroatoms. The van der Waals surface area contributed by atoms with E-state index in [1.807, 2.05) is 0 Å². The molecule has 2 fully saturated rings. The van der Waals surface area contributed by atoms with Crippen LogP contribution in [0.15, 0.2) is 30.7 Å². The lowest BCUT2D eigenvalue weighted by Crippen LogP contribution is -2.56. The van der Waals surface area contributed by atoms with Crippen molar-refractivity contribution in [3.63, 3.8) is 0 Å². The fraction of sp³-hybridized carbons (Fsp3) is 0.556. The molecule has 2 aliphatic rings. The number of ether oxygens (including phenoxy) is 2. The lowest BCUT2D eigenvalue weighted by atomic mass is 9.79. The number of benzene rings is 1. The van der Waals surface area contributed by atoms with Crippen LogP contribution in [0.1, 0.15) is 48.4 Å². The molecule has 0 unspecified atom stereocenters. The molecule has 1 saturated carbocycles. The van der Waals surface area contributed by atoms with E-state index in [0.717, 1.165) is 23.9 Å². The normalized spacial score (nSPS) is 27.6. The van der Waals surface area contributed by atoms with Gasteiger partial charge in [-0.3, -0.25) is 9.97 Å². The second kappa shape index (κ2) is 12.3. The largest absolute Gasteiger partial charge is 0.394 e. The van der Waals surface area contributed by atoms with Crippen LogP contribution in [0.5, 0.6) is 0 Å². The summed E-state index contributed by atoms with van der Waals surface area (Å²) in [5, 5.41) is 40.0. The number of aromatic nitrogens is 5. The van der Waals surface area contributed by atoms with Gasteiger partial charge in [-0.2, -0.15) is 0 Å². The fourth-order valence-electron chi connectivity index (χ4n) is 5.55. The maximum atomic E-state index is 14.1. The molecule has 1 aliphatic heterocycles. The van der Waals surface area contributed by atoms with Crippen LogP contribution in [0.3, 0.4) is 0 Å². The van der Waals surface area contributed by atoms with E-state index in [9.17, 15) is 37.3 Å². The highest BCUT2D eigenvalue weighted by molar-refractivity contribution is 8.00. The van der Waals surface area contributed by atoms with Crippen molar-refractivity contribution in [1.29, 1.82) is 0 Å². The Morgan fingerprint density at radius 3 is 2.37 bits per heavy atom. The average Bonchev–Trinajstić information content (AvgIpc) is 3.46. The molecule has 0 amide bonds. The van der Waals surface area contributed by atoms with E-state index in [2.05, 4.69) is 20.3 Å². The summed E-state index contributed by atoms with van der Waals surface area (Å²) in [7, 11) is 1.33. The summed E-state index contributed by atoms with van der Waals surface area (Å²) >= 11 is 1.03. The standard InChI is InChI=1S/C27H30F5N5O5S/c1-13-20(34-8-7-33-13)24(26(40)3-5-27(31,32)6-4-26)43-25-23(41-2)21(22(39)18(12-38)42-25)37-11-17(35-36-37)14-9-15(28)19(30)16(29)10-14/h7-11,18,21-25,38-40H,3-6,12H2,1-2H3/t18-,21+,22+,23-,24-,25+/m1/s1. The van der Waals surface area contributed by atoms with Gasteiger partial charge in [0.25, 0.3) is 0 Å². The van der Waals surface area contributed by atoms with Gasteiger partial charge in [-0.1, -0.05) is 5.21 Å². The molecule has 0 radical (unpaired) electrons. The molecule has 234 valence electrons. The average molecular weight is 632 g/mol. The molecule has 1 saturated heterocycles. The molecule has 3 N–H and O–H groups in total. The number of methoxy groups -OCH3 is 1. The third-order valence-electron chi connectivity index (χ3n) is 7.97. The zero-order valence-corrected chi connectivity index (χ0v) is 23.9. The summed E-state index contributed by atoms with van der Waals surface area (Å²) in [5.74, 6) is -7.41. The third kappa shape index (κ3) is 6.26. The first-order chi connectivity index (χ1) is 20.4. The molecule has 1 aromatic carbocycles. The van der Waals surface area contributed by atoms with Gasteiger partial charge in [-0.15, -0.1) is 16.9 Å². The van der Waals surface area contributed by atoms with Gasteiger partial charge < -0.3 is 24.8 Å². The van der Waals surface area contributed by atoms with Crippen molar-refractivity contribution in [3.05, 3.63) is 59.6 Å². The molecular weight excluding hydrogens is 601 g/mol. The van der Waals surface area contributed by atoms with Gasteiger partial charge in [0.05, 0.1) is 35.0 Å². The van der Waals surface area contributed by atoms with Gasteiger partial charge >= 0.3 is 0 Å². The number of rotatable bonds is 8. The Hall–Kier alpha value is -2.76. The molecule has 3 heterocycles. The zero-order valence-electron chi connectivity index (χ0n) is 23.1. The van der Waals surface area contributed by atoms with E-state index < -0.39 is 83.5 Å². The Kier molecular flexibility index (Phi) is 9.07. The van der Waals surface area contributed by atoms with Crippen LogP contribution in [0.4, 0.5) is 22.0 Å². The first-order valence-corrected chi connectivity index (χ1v) is 14.4. The van der Waals surface area contributed by atoms with Crippen molar-refractivity contribution in [2.75, 3.05) is 13.7 Å². The summed E-state index contributed by atoms with van der Waals surface area (Å²) < 4.78 is 82.5. The lowest BCUT2D eigenvalue weighted by molar-refractivity contribution is -0.186. The van der Waals surface area contributed by atoms with Crippen molar-refractivity contribution in [2.24, 2.45) is 0 Å². The highest BCUT2D eigenvalue weighted by Gasteiger charge is 2.53. The highest BCUT2D eigenvalue weighted by Crippen LogP contribution is 2.53. The fourth-order valence-corrected chi connectivity index (χ4v) is 7.30. The van der Waals surface area contributed by atoms with Gasteiger partial charge in [0, 0.05) is 37.9 Å². The van der Waals surface area contributed by atoms with Crippen LogP contribution < -0.4 is 0 Å². The van der Waals surface area contributed by atoms with Gasteiger partial charge in [0.1, 0.15) is 35.5 Å². The van der Waals surface area contributed by atoms with E-state index in [-0.39, 0.29) is 24.1 Å². The summed E-state index contributed by atoms with van der Waals surface area (Å²) in [6.07, 6.45) is -1.01. The van der Waals surface area contributed by atoms with Crippen molar-refractivity contribution >= 4 is 11.8 Å². The Morgan fingerprint density at radius 1 is 1.12 bits per heavy atom.